The van der Waals surface area contributed by atoms with Crippen LogP contribution < -0.4 is 20.1 Å². The van der Waals surface area contributed by atoms with E-state index < -0.39 is 0 Å². The van der Waals surface area contributed by atoms with Crippen LogP contribution in [-0.4, -0.2) is 31.0 Å². The number of aromatic nitrogens is 1. The second-order valence-electron chi connectivity index (χ2n) is 7.43. The van der Waals surface area contributed by atoms with Crippen LogP contribution in [0, 0.1) is 6.92 Å². The Bertz CT molecular complexity index is 1170. The van der Waals surface area contributed by atoms with Gasteiger partial charge in [-0.05, 0) is 49.6 Å². The van der Waals surface area contributed by atoms with Crippen molar-refractivity contribution in [2.24, 2.45) is 0 Å². The van der Waals surface area contributed by atoms with E-state index in [1.54, 1.807) is 24.3 Å². The van der Waals surface area contributed by atoms with Crippen LogP contribution in [0.15, 0.2) is 36.4 Å². The van der Waals surface area contributed by atoms with Gasteiger partial charge in [-0.25, -0.2) is 4.98 Å². The molecule has 0 spiro atoms. The minimum absolute atomic E-state index is 0.135. The van der Waals surface area contributed by atoms with Gasteiger partial charge in [0.25, 0.3) is 5.91 Å². The zero-order chi connectivity index (χ0) is 22.8. The summed E-state index contributed by atoms with van der Waals surface area (Å²) < 4.78 is 10.4. The van der Waals surface area contributed by atoms with Gasteiger partial charge in [-0.2, -0.15) is 0 Å². The van der Waals surface area contributed by atoms with Gasteiger partial charge in [-0.3, -0.25) is 14.9 Å². The highest BCUT2D eigenvalue weighted by Gasteiger charge is 2.33. The Morgan fingerprint density at radius 2 is 1.81 bits per heavy atom. The molecule has 1 atom stereocenters. The van der Waals surface area contributed by atoms with Gasteiger partial charge in [-0.1, -0.05) is 17.7 Å². The lowest BCUT2D eigenvalue weighted by molar-refractivity contribution is -0.117. The lowest BCUT2D eigenvalue weighted by atomic mass is 10.1. The van der Waals surface area contributed by atoms with Crippen molar-refractivity contribution >= 4 is 45.6 Å². The molecule has 0 fully saturated rings. The van der Waals surface area contributed by atoms with Gasteiger partial charge in [0.1, 0.15) is 11.5 Å². The Morgan fingerprint density at radius 3 is 2.47 bits per heavy atom. The summed E-state index contributed by atoms with van der Waals surface area (Å²) in [6.45, 7) is 1.91. The number of amides is 2. The molecule has 2 aromatic carbocycles. The molecule has 2 amide bonds. The number of fused-ring (bicyclic) bond motifs is 1. The first-order valence-corrected chi connectivity index (χ1v) is 11.2. The molecule has 166 valence electrons. The van der Waals surface area contributed by atoms with E-state index >= 15 is 0 Å². The summed E-state index contributed by atoms with van der Waals surface area (Å²) in [5.74, 6) is 0.200. The molecule has 0 aliphatic heterocycles. The third kappa shape index (κ3) is 4.56. The predicted molar refractivity (Wildman–Crippen MR) is 125 cm³/mol. The van der Waals surface area contributed by atoms with Gasteiger partial charge in [0.05, 0.1) is 25.8 Å². The number of anilines is 2. The number of carbonyl (C=O) groups excluding carboxylic acids is 2. The van der Waals surface area contributed by atoms with Crippen molar-refractivity contribution in [1.82, 2.24) is 4.98 Å². The van der Waals surface area contributed by atoms with E-state index in [0.29, 0.717) is 45.0 Å². The molecular weight excluding hydrogens is 450 g/mol. The number of nitrogens with one attached hydrogen (secondary N) is 2. The van der Waals surface area contributed by atoms with Gasteiger partial charge in [0.15, 0.2) is 5.13 Å². The highest BCUT2D eigenvalue weighted by atomic mass is 35.5. The summed E-state index contributed by atoms with van der Waals surface area (Å²) in [5.41, 5.74) is 2.70. The summed E-state index contributed by atoms with van der Waals surface area (Å²) in [6, 6.07) is 10.4. The van der Waals surface area contributed by atoms with E-state index in [2.05, 4.69) is 15.6 Å². The molecule has 1 aliphatic rings. The Kier molecular flexibility index (Phi) is 6.34. The number of thiazole rings is 1. The van der Waals surface area contributed by atoms with E-state index in [-0.39, 0.29) is 17.7 Å². The quantitative estimate of drug-likeness (QED) is 0.525. The molecule has 1 aliphatic carbocycles. The summed E-state index contributed by atoms with van der Waals surface area (Å²) in [6.07, 6.45) is 1.42. The molecule has 32 heavy (non-hydrogen) atoms. The van der Waals surface area contributed by atoms with Crippen molar-refractivity contribution in [3.8, 4) is 11.5 Å². The van der Waals surface area contributed by atoms with Gasteiger partial charge < -0.3 is 14.8 Å². The van der Waals surface area contributed by atoms with Crippen molar-refractivity contribution in [1.29, 1.82) is 0 Å². The number of benzene rings is 2. The van der Waals surface area contributed by atoms with Crippen molar-refractivity contribution < 1.29 is 19.1 Å². The molecule has 0 saturated heterocycles. The molecule has 9 heteroatoms. The molecular formula is C23H22ClN3O4S. The number of halogens is 1. The van der Waals surface area contributed by atoms with Crippen LogP contribution in [0.25, 0.3) is 0 Å². The average Bonchev–Trinajstić information content (AvgIpc) is 3.36. The van der Waals surface area contributed by atoms with Gasteiger partial charge >= 0.3 is 0 Å². The Labute approximate surface area is 194 Å². The standard InChI is InChI=1S/C23H22ClN3O4S/c1-12-4-5-14(10-18(12)24)25-22(29)17-6-7-19-20(17)26-23(32-19)27-21(28)13-8-15(30-2)11-16(9-13)31-3/h4-5,8-11,17H,6-7H2,1-3H3,(H,25,29)(H,26,27,28). The number of nitrogens with zero attached hydrogens (tertiary/aromatic N) is 1. The predicted octanol–water partition coefficient (Wildman–Crippen LogP) is 5.04. The molecule has 7 nitrogen and oxygen atoms in total. The topological polar surface area (TPSA) is 89.6 Å². The fourth-order valence-corrected chi connectivity index (χ4v) is 4.76. The van der Waals surface area contributed by atoms with Crippen LogP contribution in [-0.2, 0) is 11.2 Å². The Hall–Kier alpha value is -3.10. The zero-order valence-electron chi connectivity index (χ0n) is 17.8. The fourth-order valence-electron chi connectivity index (χ4n) is 3.54. The highest BCUT2D eigenvalue weighted by molar-refractivity contribution is 7.16. The van der Waals surface area contributed by atoms with Crippen LogP contribution in [0.2, 0.25) is 5.02 Å². The summed E-state index contributed by atoms with van der Waals surface area (Å²) in [5, 5.41) is 6.80. The minimum Gasteiger partial charge on any atom is -0.497 e. The van der Waals surface area contributed by atoms with Crippen molar-refractivity contribution in [2.75, 3.05) is 24.9 Å². The molecule has 2 N–H and O–H groups in total. The van der Waals surface area contributed by atoms with Crippen LogP contribution in [0.4, 0.5) is 10.8 Å². The van der Waals surface area contributed by atoms with E-state index in [4.69, 9.17) is 21.1 Å². The lowest BCUT2D eigenvalue weighted by Gasteiger charge is -2.11. The number of methoxy groups -OCH3 is 2. The van der Waals surface area contributed by atoms with Gasteiger partial charge in [0, 0.05) is 27.2 Å². The summed E-state index contributed by atoms with van der Waals surface area (Å²) >= 11 is 7.55. The van der Waals surface area contributed by atoms with Gasteiger partial charge in [0.2, 0.25) is 5.91 Å². The number of rotatable bonds is 6. The average molecular weight is 472 g/mol. The van der Waals surface area contributed by atoms with Crippen molar-refractivity contribution in [2.45, 2.75) is 25.7 Å². The zero-order valence-corrected chi connectivity index (χ0v) is 19.4. The number of ether oxygens (including phenoxy) is 2. The maximum absolute atomic E-state index is 12.9. The molecule has 4 rings (SSSR count). The Morgan fingerprint density at radius 1 is 1.09 bits per heavy atom. The number of hydrogen-bond acceptors (Lipinski definition) is 6. The van der Waals surface area contributed by atoms with E-state index in [1.165, 1.54) is 25.6 Å². The van der Waals surface area contributed by atoms with E-state index in [0.717, 1.165) is 16.9 Å². The maximum atomic E-state index is 12.9. The second-order valence-corrected chi connectivity index (χ2v) is 8.92. The van der Waals surface area contributed by atoms with Crippen LogP contribution in [0.5, 0.6) is 11.5 Å². The SMILES string of the molecule is COc1cc(OC)cc(C(=O)Nc2nc3c(s2)CCC3C(=O)Nc2ccc(C)c(Cl)c2)c1. The lowest BCUT2D eigenvalue weighted by Crippen LogP contribution is -2.20. The normalized spacial score (nSPS) is 14.6. The molecule has 0 bridgehead atoms. The molecule has 0 saturated carbocycles. The van der Waals surface area contributed by atoms with E-state index in [1.807, 2.05) is 19.1 Å². The first kappa shape index (κ1) is 22.1. The summed E-state index contributed by atoms with van der Waals surface area (Å²) in [4.78, 5) is 31.2. The number of aryl methyl sites for hydroxylation is 2. The first-order valence-electron chi connectivity index (χ1n) is 9.99. The number of hydrogen-bond donors (Lipinski definition) is 2. The van der Waals surface area contributed by atoms with Crippen molar-refractivity contribution in [3.63, 3.8) is 0 Å². The van der Waals surface area contributed by atoms with Crippen LogP contribution >= 0.6 is 22.9 Å². The largest absolute Gasteiger partial charge is 0.497 e. The first-order chi connectivity index (χ1) is 15.4. The Balaban J connectivity index is 1.48. The van der Waals surface area contributed by atoms with Crippen LogP contribution in [0.1, 0.15) is 38.8 Å². The highest BCUT2D eigenvalue weighted by Crippen LogP contribution is 2.39. The minimum atomic E-state index is -0.371. The molecule has 3 aromatic rings. The van der Waals surface area contributed by atoms with Gasteiger partial charge in [-0.15, -0.1) is 11.3 Å². The number of carbonyl (C=O) groups is 2. The molecule has 1 unspecified atom stereocenters. The summed E-state index contributed by atoms with van der Waals surface area (Å²) in [7, 11) is 3.05. The third-order valence-electron chi connectivity index (χ3n) is 5.31. The third-order valence-corrected chi connectivity index (χ3v) is 6.76. The fraction of sp³-hybridized carbons (Fsp3) is 0.261. The monoisotopic (exact) mass is 471 g/mol. The van der Waals surface area contributed by atoms with Crippen molar-refractivity contribution in [3.05, 3.63) is 63.1 Å². The molecule has 1 aromatic heterocycles. The molecule has 1 heterocycles. The smallest absolute Gasteiger partial charge is 0.257 e. The second kappa shape index (κ2) is 9.18. The van der Waals surface area contributed by atoms with Crippen LogP contribution in [0.3, 0.4) is 0 Å². The maximum Gasteiger partial charge on any atom is 0.257 e. The molecule has 0 radical (unpaired) electrons. The van der Waals surface area contributed by atoms with E-state index in [9.17, 15) is 9.59 Å².